The molecule has 4 aromatic rings. The first-order chi connectivity index (χ1) is 15.7. The molecule has 0 aliphatic carbocycles. The van der Waals surface area contributed by atoms with Crippen LogP contribution in [0.25, 0.3) is 22.4 Å². The fourth-order valence-corrected chi connectivity index (χ4v) is 3.55. The van der Waals surface area contributed by atoms with Crippen LogP contribution in [0.1, 0.15) is 10.6 Å². The molecule has 11 heteroatoms. The molecule has 166 valence electrons. The molecule has 32 heavy (non-hydrogen) atoms. The van der Waals surface area contributed by atoms with E-state index in [1.54, 1.807) is 30.6 Å². The largest absolute Gasteiger partial charge is 0.451 e. The molecule has 0 unspecified atom stereocenters. The maximum Gasteiger partial charge on any atom is 0.295 e. The lowest BCUT2D eigenvalue weighted by molar-refractivity contribution is 0.0997. The highest BCUT2D eigenvalue weighted by Gasteiger charge is 2.21. The summed E-state index contributed by atoms with van der Waals surface area (Å²) in [7, 11) is 0. The van der Waals surface area contributed by atoms with Gasteiger partial charge in [0.2, 0.25) is 0 Å². The Morgan fingerprint density at radius 1 is 1.22 bits per heavy atom. The minimum atomic E-state index is -0.383. The third-order valence-electron chi connectivity index (χ3n) is 5.11. The van der Waals surface area contributed by atoms with Crippen molar-refractivity contribution < 1.29 is 23.5 Å². The van der Waals surface area contributed by atoms with E-state index in [1.807, 2.05) is 6.07 Å². The zero-order valence-corrected chi connectivity index (χ0v) is 17.1. The predicted molar refractivity (Wildman–Crippen MR) is 117 cm³/mol. The van der Waals surface area contributed by atoms with Crippen molar-refractivity contribution in [2.45, 2.75) is 0 Å². The van der Waals surface area contributed by atoms with E-state index in [4.69, 9.17) is 18.7 Å². The predicted octanol–water partition coefficient (Wildman–Crippen LogP) is 2.30. The van der Waals surface area contributed by atoms with Crippen LogP contribution in [0.5, 0.6) is 0 Å². The van der Waals surface area contributed by atoms with E-state index in [1.165, 1.54) is 0 Å². The molecule has 1 amide bonds. The number of benzene rings is 1. The van der Waals surface area contributed by atoms with Crippen molar-refractivity contribution in [3.05, 3.63) is 42.4 Å². The van der Waals surface area contributed by atoms with E-state index in [0.717, 1.165) is 11.3 Å². The first-order valence-electron chi connectivity index (χ1n) is 10.2. The van der Waals surface area contributed by atoms with Gasteiger partial charge in [0, 0.05) is 31.9 Å². The second-order valence-electron chi connectivity index (χ2n) is 7.21. The number of ether oxygens (including phenoxy) is 1. The number of amides is 1. The van der Waals surface area contributed by atoms with Crippen molar-refractivity contribution in [2.24, 2.45) is 0 Å². The molecular formula is C21H22N6O5. The molecule has 0 spiro atoms. The summed E-state index contributed by atoms with van der Waals surface area (Å²) in [5, 5.41) is 21.5. The van der Waals surface area contributed by atoms with E-state index in [2.05, 4.69) is 30.7 Å². The van der Waals surface area contributed by atoms with E-state index < -0.39 is 0 Å². The summed E-state index contributed by atoms with van der Waals surface area (Å²) >= 11 is 0. The number of carbonyl (C=O) groups is 1. The number of furan rings is 1. The van der Waals surface area contributed by atoms with Crippen LogP contribution < -0.4 is 15.5 Å². The highest BCUT2D eigenvalue weighted by atomic mass is 16.5. The number of hydrogen-bond donors (Lipinski definition) is 4. The Balaban J connectivity index is 1.45. The Hall–Kier alpha value is -3.83. The number of hydrogen-bond acceptors (Lipinski definition) is 9. The summed E-state index contributed by atoms with van der Waals surface area (Å²) in [6, 6.07) is 7.27. The minimum Gasteiger partial charge on any atom is -0.451 e. The van der Waals surface area contributed by atoms with Gasteiger partial charge in [-0.2, -0.15) is 10.1 Å². The van der Waals surface area contributed by atoms with Crippen LogP contribution in [0.4, 0.5) is 17.4 Å². The molecule has 3 aromatic heterocycles. The number of fused-ring (bicyclic) bond motifs is 1. The van der Waals surface area contributed by atoms with Gasteiger partial charge in [0.1, 0.15) is 11.3 Å². The third-order valence-corrected chi connectivity index (χ3v) is 5.11. The Labute approximate surface area is 182 Å². The van der Waals surface area contributed by atoms with Gasteiger partial charge in [0.05, 0.1) is 43.0 Å². The molecular weight excluding hydrogens is 416 g/mol. The Morgan fingerprint density at radius 3 is 2.88 bits per heavy atom. The molecule has 0 radical (unpaired) electrons. The zero-order valence-electron chi connectivity index (χ0n) is 17.1. The van der Waals surface area contributed by atoms with Crippen molar-refractivity contribution in [3.8, 4) is 11.3 Å². The molecule has 1 aromatic carbocycles. The average Bonchev–Trinajstić information content (AvgIpc) is 3.57. The molecule has 5 rings (SSSR count). The normalized spacial score (nSPS) is 14.1. The fraction of sp³-hybridized carbons (Fsp3) is 0.286. The maximum absolute atomic E-state index is 13.0. The fourth-order valence-electron chi connectivity index (χ4n) is 3.55. The van der Waals surface area contributed by atoms with Gasteiger partial charge in [-0.05, 0) is 18.2 Å². The number of aromatic amines is 1. The highest BCUT2D eigenvalue weighted by Crippen LogP contribution is 2.34. The summed E-state index contributed by atoms with van der Waals surface area (Å²) in [5.74, 6) is 0.339. The number of nitrogens with zero attached hydrogens (tertiary/aromatic N) is 3. The van der Waals surface area contributed by atoms with E-state index >= 15 is 0 Å². The second kappa shape index (κ2) is 8.73. The number of nitrogens with one attached hydrogen (secondary N) is 3. The van der Waals surface area contributed by atoms with E-state index in [9.17, 15) is 4.79 Å². The second-order valence-corrected chi connectivity index (χ2v) is 7.21. The molecule has 11 nitrogen and oxygen atoms in total. The first-order valence-corrected chi connectivity index (χ1v) is 10.2. The lowest BCUT2D eigenvalue weighted by Crippen LogP contribution is -2.36. The Morgan fingerprint density at radius 2 is 2.09 bits per heavy atom. The van der Waals surface area contributed by atoms with Crippen molar-refractivity contribution in [1.29, 1.82) is 0 Å². The van der Waals surface area contributed by atoms with Crippen LogP contribution in [0.2, 0.25) is 0 Å². The monoisotopic (exact) mass is 438 g/mol. The van der Waals surface area contributed by atoms with Gasteiger partial charge in [-0.25, -0.2) is 0 Å². The molecule has 0 atom stereocenters. The summed E-state index contributed by atoms with van der Waals surface area (Å²) < 4.78 is 16.9. The van der Waals surface area contributed by atoms with Crippen LogP contribution in [0, 0.1) is 0 Å². The third kappa shape index (κ3) is 4.03. The van der Waals surface area contributed by atoms with Crippen molar-refractivity contribution in [3.63, 3.8) is 0 Å². The number of aromatic nitrogens is 3. The zero-order chi connectivity index (χ0) is 21.9. The molecule has 1 aliphatic rings. The standard InChI is InChI=1S/C21H22N6O5/c28-6-3-22-21-26-15-9-16(27-4-7-30-8-5-27)14(10-19(15)32-21)25-20(29)18-2-1-17(31-18)13-11-23-24-12-13/h1-2,9-12,28H,3-8H2,(H,22,26)(H,23,24)(H,25,29). The number of oxazole rings is 1. The van der Waals surface area contributed by atoms with Gasteiger partial charge in [-0.15, -0.1) is 0 Å². The topological polar surface area (TPSA) is 142 Å². The van der Waals surface area contributed by atoms with Crippen LogP contribution in [0.15, 0.2) is 45.5 Å². The van der Waals surface area contributed by atoms with Crippen LogP contribution in [0.3, 0.4) is 0 Å². The highest BCUT2D eigenvalue weighted by molar-refractivity contribution is 6.06. The molecule has 0 bridgehead atoms. The molecule has 1 aliphatic heterocycles. The number of H-pyrrole nitrogens is 1. The van der Waals surface area contributed by atoms with Gasteiger partial charge < -0.3 is 34.2 Å². The number of rotatable bonds is 7. The average molecular weight is 438 g/mol. The van der Waals surface area contributed by atoms with Gasteiger partial charge >= 0.3 is 0 Å². The number of aliphatic hydroxyl groups is 1. The van der Waals surface area contributed by atoms with Crippen LogP contribution >= 0.6 is 0 Å². The van der Waals surface area contributed by atoms with E-state index in [-0.39, 0.29) is 18.3 Å². The lowest BCUT2D eigenvalue weighted by atomic mass is 10.2. The van der Waals surface area contributed by atoms with Crippen LogP contribution in [-0.2, 0) is 4.74 Å². The molecule has 1 saturated heterocycles. The van der Waals surface area contributed by atoms with Gasteiger partial charge in [-0.1, -0.05) is 0 Å². The van der Waals surface area contributed by atoms with Gasteiger partial charge in [0.15, 0.2) is 11.3 Å². The number of carbonyl (C=O) groups excluding carboxylic acids is 1. The molecule has 4 N–H and O–H groups in total. The maximum atomic E-state index is 13.0. The number of aliphatic hydroxyl groups excluding tert-OH is 1. The Bertz CT molecular complexity index is 1210. The van der Waals surface area contributed by atoms with Gasteiger partial charge in [-0.3, -0.25) is 9.89 Å². The Kier molecular flexibility index (Phi) is 5.48. The number of anilines is 3. The minimum absolute atomic E-state index is 0.0387. The SMILES string of the molecule is O=C(Nc1cc2oc(NCCO)nc2cc1N1CCOCC1)c1ccc(-c2cn[nH]c2)o1. The molecule has 0 saturated carbocycles. The summed E-state index contributed by atoms with van der Waals surface area (Å²) in [6.07, 6.45) is 3.31. The summed E-state index contributed by atoms with van der Waals surface area (Å²) in [6.45, 7) is 2.85. The van der Waals surface area contributed by atoms with Crippen molar-refractivity contribution >= 4 is 34.4 Å². The molecule has 1 fully saturated rings. The quantitative estimate of drug-likeness (QED) is 0.342. The van der Waals surface area contributed by atoms with Crippen LogP contribution in [-0.4, -0.2) is 65.6 Å². The van der Waals surface area contributed by atoms with Crippen molar-refractivity contribution in [2.75, 3.05) is 55.0 Å². The van der Waals surface area contributed by atoms with Crippen molar-refractivity contribution in [1.82, 2.24) is 15.2 Å². The number of morpholine rings is 1. The lowest BCUT2D eigenvalue weighted by Gasteiger charge is -2.30. The van der Waals surface area contributed by atoms with Gasteiger partial charge in [0.25, 0.3) is 11.9 Å². The summed E-state index contributed by atoms with van der Waals surface area (Å²) in [4.78, 5) is 19.5. The summed E-state index contributed by atoms with van der Waals surface area (Å²) in [5.41, 5.74) is 3.30. The van der Waals surface area contributed by atoms with E-state index in [0.29, 0.717) is 61.4 Å². The molecule has 4 heterocycles. The first kappa shape index (κ1) is 20.1. The smallest absolute Gasteiger partial charge is 0.295 e.